The third-order valence-electron chi connectivity index (χ3n) is 3.93. The van der Waals surface area contributed by atoms with Crippen LogP contribution in [0.1, 0.15) is 28.2 Å². The molecule has 1 aliphatic rings. The second kappa shape index (κ2) is 6.79. The van der Waals surface area contributed by atoms with Crippen molar-refractivity contribution >= 4 is 27.4 Å². The highest BCUT2D eigenvalue weighted by atomic mass is 32.2. The number of nitrogens with zero attached hydrogens (tertiary/aromatic N) is 2. The second-order valence-corrected chi connectivity index (χ2v) is 8.51. The lowest BCUT2D eigenvalue weighted by atomic mass is 10.2. The van der Waals surface area contributed by atoms with Crippen molar-refractivity contribution in [3.8, 4) is 0 Å². The molecule has 2 N–H and O–H groups in total. The molecule has 1 aromatic carbocycles. The summed E-state index contributed by atoms with van der Waals surface area (Å²) in [6, 6.07) is 8.86. The number of aryl methyl sites for hydroxylation is 2. The summed E-state index contributed by atoms with van der Waals surface area (Å²) < 4.78 is 23.1. The van der Waals surface area contributed by atoms with Crippen LogP contribution in [-0.2, 0) is 9.84 Å². The average Bonchev–Trinajstić information content (AvgIpc) is 2.85. The van der Waals surface area contributed by atoms with Gasteiger partial charge in [0.15, 0.2) is 9.84 Å². The predicted octanol–water partition coefficient (Wildman–Crippen LogP) is 1.94. The number of hydrogen-bond acceptors (Lipinski definition) is 6. The Morgan fingerprint density at radius 1 is 1.20 bits per heavy atom. The van der Waals surface area contributed by atoms with Gasteiger partial charge >= 0.3 is 0 Å². The molecule has 1 aliphatic heterocycles. The SMILES string of the molecule is Cc1cccc(NC(=O)c2cc(C)nc(NC3CCS(=O)(=O)C3)n2)c1. The summed E-state index contributed by atoms with van der Waals surface area (Å²) in [4.78, 5) is 20.9. The molecule has 1 fully saturated rings. The van der Waals surface area contributed by atoms with E-state index in [2.05, 4.69) is 20.6 Å². The third kappa shape index (κ3) is 4.54. The fraction of sp³-hybridized carbons (Fsp3) is 0.353. The molecule has 7 nitrogen and oxygen atoms in total. The maximum Gasteiger partial charge on any atom is 0.274 e. The average molecular weight is 360 g/mol. The molecule has 1 amide bonds. The molecule has 0 aliphatic carbocycles. The van der Waals surface area contributed by atoms with E-state index in [1.165, 1.54) is 0 Å². The molecule has 3 rings (SSSR count). The zero-order valence-corrected chi connectivity index (χ0v) is 14.9. The standard InChI is InChI=1S/C17H20N4O3S/c1-11-4-3-5-13(8-11)19-16(22)15-9-12(2)18-17(21-15)20-14-6-7-25(23,24)10-14/h3-5,8-9,14H,6-7,10H2,1-2H3,(H,19,22)(H,18,20,21). The number of carbonyl (C=O) groups excluding carboxylic acids is 1. The number of nitrogens with one attached hydrogen (secondary N) is 2. The molecule has 0 saturated carbocycles. The van der Waals surface area contributed by atoms with E-state index in [0.717, 1.165) is 5.56 Å². The summed E-state index contributed by atoms with van der Waals surface area (Å²) in [5.74, 6) is 0.168. The summed E-state index contributed by atoms with van der Waals surface area (Å²) in [7, 11) is -2.99. The van der Waals surface area contributed by atoms with Crippen molar-refractivity contribution in [3.63, 3.8) is 0 Å². The van der Waals surface area contributed by atoms with Crippen LogP contribution in [0.5, 0.6) is 0 Å². The molecule has 0 bridgehead atoms. The summed E-state index contributed by atoms with van der Waals surface area (Å²) in [5.41, 5.74) is 2.60. The first kappa shape index (κ1) is 17.3. The second-order valence-electron chi connectivity index (χ2n) is 6.29. The van der Waals surface area contributed by atoms with Gasteiger partial charge in [-0.2, -0.15) is 0 Å². The third-order valence-corrected chi connectivity index (χ3v) is 5.70. The van der Waals surface area contributed by atoms with Crippen LogP contribution >= 0.6 is 0 Å². The van der Waals surface area contributed by atoms with Crippen LogP contribution in [-0.4, -0.2) is 41.8 Å². The molecule has 1 aromatic heterocycles. The Morgan fingerprint density at radius 2 is 2.00 bits per heavy atom. The number of sulfone groups is 1. The maximum absolute atomic E-state index is 12.4. The number of rotatable bonds is 4. The van der Waals surface area contributed by atoms with Crippen LogP contribution in [0.25, 0.3) is 0 Å². The molecule has 25 heavy (non-hydrogen) atoms. The minimum atomic E-state index is -2.99. The zero-order chi connectivity index (χ0) is 18.0. The van der Waals surface area contributed by atoms with Crippen LogP contribution in [0.3, 0.4) is 0 Å². The Labute approximate surface area is 146 Å². The topological polar surface area (TPSA) is 101 Å². The maximum atomic E-state index is 12.4. The fourth-order valence-corrected chi connectivity index (χ4v) is 4.43. The predicted molar refractivity (Wildman–Crippen MR) is 96.6 cm³/mol. The van der Waals surface area contributed by atoms with Crippen molar-refractivity contribution in [2.45, 2.75) is 26.3 Å². The molecule has 8 heteroatoms. The lowest BCUT2D eigenvalue weighted by molar-refractivity contribution is 0.102. The Hall–Kier alpha value is -2.48. The molecule has 2 heterocycles. The molecular weight excluding hydrogens is 340 g/mol. The van der Waals surface area contributed by atoms with E-state index in [4.69, 9.17) is 0 Å². The summed E-state index contributed by atoms with van der Waals surface area (Å²) in [5, 5.41) is 5.83. The number of hydrogen-bond donors (Lipinski definition) is 2. The highest BCUT2D eigenvalue weighted by Gasteiger charge is 2.28. The van der Waals surface area contributed by atoms with Crippen LogP contribution < -0.4 is 10.6 Å². The van der Waals surface area contributed by atoms with E-state index in [0.29, 0.717) is 17.8 Å². The minimum absolute atomic E-state index is 0.0646. The highest BCUT2D eigenvalue weighted by molar-refractivity contribution is 7.91. The normalized spacial score (nSPS) is 18.7. The molecule has 0 spiro atoms. The van der Waals surface area contributed by atoms with Gasteiger partial charge in [-0.25, -0.2) is 18.4 Å². The van der Waals surface area contributed by atoms with Gasteiger partial charge in [0.05, 0.1) is 11.5 Å². The van der Waals surface area contributed by atoms with E-state index in [-0.39, 0.29) is 35.1 Å². The molecular formula is C17H20N4O3S. The molecule has 0 radical (unpaired) electrons. The Bertz CT molecular complexity index is 912. The van der Waals surface area contributed by atoms with Gasteiger partial charge in [0.1, 0.15) is 5.69 Å². The van der Waals surface area contributed by atoms with E-state index >= 15 is 0 Å². The minimum Gasteiger partial charge on any atom is -0.350 e. The van der Waals surface area contributed by atoms with Crippen molar-refractivity contribution in [1.29, 1.82) is 0 Å². The van der Waals surface area contributed by atoms with Gasteiger partial charge < -0.3 is 10.6 Å². The van der Waals surface area contributed by atoms with E-state index in [1.807, 2.05) is 31.2 Å². The first-order valence-corrected chi connectivity index (χ1v) is 9.83. The summed E-state index contributed by atoms with van der Waals surface area (Å²) >= 11 is 0. The van der Waals surface area contributed by atoms with Gasteiger partial charge in [0, 0.05) is 17.4 Å². The van der Waals surface area contributed by atoms with Crippen molar-refractivity contribution in [2.75, 3.05) is 22.1 Å². The van der Waals surface area contributed by atoms with Gasteiger partial charge in [-0.1, -0.05) is 12.1 Å². The van der Waals surface area contributed by atoms with Crippen LogP contribution in [0.2, 0.25) is 0 Å². The van der Waals surface area contributed by atoms with Crippen molar-refractivity contribution in [3.05, 3.63) is 47.3 Å². The molecule has 1 saturated heterocycles. The van der Waals surface area contributed by atoms with E-state index in [9.17, 15) is 13.2 Å². The number of anilines is 2. The van der Waals surface area contributed by atoms with Gasteiger partial charge in [0.2, 0.25) is 5.95 Å². The van der Waals surface area contributed by atoms with Crippen molar-refractivity contribution in [2.24, 2.45) is 0 Å². The Kier molecular flexibility index (Phi) is 4.71. The molecule has 2 aromatic rings. The number of carbonyl (C=O) groups is 1. The van der Waals surface area contributed by atoms with Crippen molar-refractivity contribution < 1.29 is 13.2 Å². The van der Waals surface area contributed by atoms with Gasteiger partial charge in [-0.3, -0.25) is 4.79 Å². The number of benzene rings is 1. The van der Waals surface area contributed by atoms with Crippen LogP contribution in [0.15, 0.2) is 30.3 Å². The quantitative estimate of drug-likeness (QED) is 0.864. The molecule has 132 valence electrons. The number of aromatic nitrogens is 2. The fourth-order valence-electron chi connectivity index (χ4n) is 2.76. The molecule has 1 unspecified atom stereocenters. The van der Waals surface area contributed by atoms with Gasteiger partial charge in [-0.05, 0) is 44.0 Å². The zero-order valence-electron chi connectivity index (χ0n) is 14.1. The van der Waals surface area contributed by atoms with E-state index in [1.54, 1.807) is 13.0 Å². The lowest BCUT2D eigenvalue weighted by Crippen LogP contribution is -2.23. The first-order chi connectivity index (χ1) is 11.8. The Balaban J connectivity index is 1.75. The van der Waals surface area contributed by atoms with E-state index < -0.39 is 9.84 Å². The highest BCUT2D eigenvalue weighted by Crippen LogP contribution is 2.17. The van der Waals surface area contributed by atoms with Crippen LogP contribution in [0.4, 0.5) is 11.6 Å². The smallest absolute Gasteiger partial charge is 0.274 e. The monoisotopic (exact) mass is 360 g/mol. The van der Waals surface area contributed by atoms with Crippen LogP contribution in [0, 0.1) is 13.8 Å². The van der Waals surface area contributed by atoms with Crippen molar-refractivity contribution in [1.82, 2.24) is 9.97 Å². The van der Waals surface area contributed by atoms with Gasteiger partial charge in [0.25, 0.3) is 5.91 Å². The molecule has 1 atom stereocenters. The first-order valence-electron chi connectivity index (χ1n) is 8.01. The lowest BCUT2D eigenvalue weighted by Gasteiger charge is -2.12. The summed E-state index contributed by atoms with van der Waals surface area (Å²) in [6.45, 7) is 3.71. The largest absolute Gasteiger partial charge is 0.350 e. The Morgan fingerprint density at radius 3 is 2.68 bits per heavy atom. The summed E-state index contributed by atoms with van der Waals surface area (Å²) in [6.07, 6.45) is 0.518. The van der Waals surface area contributed by atoms with Gasteiger partial charge in [-0.15, -0.1) is 0 Å². The number of amides is 1.